The molecule has 1 aliphatic rings. The van der Waals surface area contributed by atoms with Crippen LogP contribution in [0.15, 0.2) is 24.5 Å². The van der Waals surface area contributed by atoms with Crippen LogP contribution in [0.4, 0.5) is 0 Å². The lowest BCUT2D eigenvalue weighted by Crippen LogP contribution is -2.51. The quantitative estimate of drug-likeness (QED) is 0.820. The molecule has 0 spiro atoms. The molecule has 1 aromatic rings. The zero-order valence-electron chi connectivity index (χ0n) is 10.1. The zero-order valence-corrected chi connectivity index (χ0v) is 10.1. The van der Waals surface area contributed by atoms with Gasteiger partial charge in [-0.3, -0.25) is 4.98 Å². The molecule has 4 nitrogen and oxygen atoms in total. The third-order valence-electron chi connectivity index (χ3n) is 3.06. The minimum Gasteiger partial charge on any atom is -0.304 e. The molecule has 88 valence electrons. The molecule has 0 aliphatic carbocycles. The van der Waals surface area contributed by atoms with Gasteiger partial charge in [0.05, 0.1) is 0 Å². The number of nitrogens with one attached hydrogen (secondary N) is 1. The van der Waals surface area contributed by atoms with Crippen LogP contribution in [-0.4, -0.2) is 48.1 Å². The van der Waals surface area contributed by atoms with Crippen molar-refractivity contribution >= 4 is 0 Å². The second kappa shape index (κ2) is 5.39. The van der Waals surface area contributed by atoms with Crippen LogP contribution < -0.4 is 5.43 Å². The minimum atomic E-state index is 0.331. The maximum atomic E-state index is 4.14. The van der Waals surface area contributed by atoms with Crippen LogP contribution in [0.5, 0.6) is 0 Å². The van der Waals surface area contributed by atoms with Crippen molar-refractivity contribution in [3.05, 3.63) is 30.1 Å². The first-order valence-electron chi connectivity index (χ1n) is 5.85. The Kier molecular flexibility index (Phi) is 3.88. The first kappa shape index (κ1) is 11.5. The van der Waals surface area contributed by atoms with Crippen LogP contribution in [0.1, 0.15) is 18.5 Å². The van der Waals surface area contributed by atoms with Gasteiger partial charge in [-0.15, -0.1) is 0 Å². The van der Waals surface area contributed by atoms with E-state index in [9.17, 15) is 0 Å². The second-order valence-corrected chi connectivity index (χ2v) is 4.43. The third-order valence-corrected chi connectivity index (χ3v) is 3.06. The van der Waals surface area contributed by atoms with Crippen LogP contribution >= 0.6 is 0 Å². The number of pyridine rings is 1. The molecule has 4 heteroatoms. The van der Waals surface area contributed by atoms with Gasteiger partial charge in [0.2, 0.25) is 0 Å². The van der Waals surface area contributed by atoms with Crippen LogP contribution in [0.25, 0.3) is 0 Å². The topological polar surface area (TPSA) is 31.4 Å². The molecule has 0 aromatic carbocycles. The van der Waals surface area contributed by atoms with Gasteiger partial charge in [0.1, 0.15) is 0 Å². The van der Waals surface area contributed by atoms with Crippen LogP contribution in [0.2, 0.25) is 0 Å². The Labute approximate surface area is 97.2 Å². The van der Waals surface area contributed by atoms with Crippen LogP contribution in [0.3, 0.4) is 0 Å². The van der Waals surface area contributed by atoms with E-state index in [1.54, 1.807) is 0 Å². The first-order chi connectivity index (χ1) is 7.75. The number of hydrogen-bond donors (Lipinski definition) is 1. The van der Waals surface area contributed by atoms with E-state index in [4.69, 9.17) is 0 Å². The minimum absolute atomic E-state index is 0.331. The molecular weight excluding hydrogens is 200 g/mol. The summed E-state index contributed by atoms with van der Waals surface area (Å²) in [5, 5.41) is 2.30. The molecule has 0 amide bonds. The SMILES string of the molecule is CC(NN1CCN(C)CC1)c1cccnc1. The molecule has 0 saturated carbocycles. The van der Waals surface area contributed by atoms with E-state index in [0.717, 1.165) is 26.2 Å². The number of aromatic nitrogens is 1. The van der Waals surface area contributed by atoms with E-state index in [1.165, 1.54) is 5.56 Å². The van der Waals surface area contributed by atoms with Gasteiger partial charge in [-0.05, 0) is 25.6 Å². The molecule has 1 saturated heterocycles. The Bertz CT molecular complexity index is 306. The first-order valence-corrected chi connectivity index (χ1v) is 5.85. The molecular formula is C12H20N4. The molecule has 1 fully saturated rings. The average Bonchev–Trinajstić information content (AvgIpc) is 2.33. The largest absolute Gasteiger partial charge is 0.304 e. The number of rotatable bonds is 3. The summed E-state index contributed by atoms with van der Waals surface area (Å²) in [6.07, 6.45) is 3.74. The number of likely N-dealkylation sites (N-methyl/N-ethyl adjacent to an activating group) is 1. The highest BCUT2D eigenvalue weighted by Gasteiger charge is 2.15. The lowest BCUT2D eigenvalue weighted by atomic mass is 10.1. The van der Waals surface area contributed by atoms with Crippen molar-refractivity contribution in [1.29, 1.82) is 0 Å². The molecule has 0 radical (unpaired) electrons. The maximum Gasteiger partial charge on any atom is 0.0451 e. The Hall–Kier alpha value is -0.970. The molecule has 1 atom stereocenters. The van der Waals surface area contributed by atoms with Crippen molar-refractivity contribution in [3.63, 3.8) is 0 Å². The van der Waals surface area contributed by atoms with Gasteiger partial charge in [0.25, 0.3) is 0 Å². The van der Waals surface area contributed by atoms with E-state index in [0.29, 0.717) is 6.04 Å². The van der Waals surface area contributed by atoms with Gasteiger partial charge >= 0.3 is 0 Å². The lowest BCUT2D eigenvalue weighted by molar-refractivity contribution is 0.0898. The lowest BCUT2D eigenvalue weighted by Gasteiger charge is -2.34. The molecule has 0 bridgehead atoms. The number of piperazine rings is 1. The van der Waals surface area contributed by atoms with Crippen molar-refractivity contribution in [1.82, 2.24) is 20.3 Å². The normalized spacial score (nSPS) is 20.9. The average molecular weight is 220 g/mol. The van der Waals surface area contributed by atoms with Crippen molar-refractivity contribution in [3.8, 4) is 0 Å². The van der Waals surface area contributed by atoms with Gasteiger partial charge in [-0.2, -0.15) is 0 Å². The van der Waals surface area contributed by atoms with Gasteiger partial charge in [-0.25, -0.2) is 10.4 Å². The Morgan fingerprint density at radius 2 is 2.06 bits per heavy atom. The highest BCUT2D eigenvalue weighted by atomic mass is 15.5. The Morgan fingerprint density at radius 1 is 1.31 bits per heavy atom. The predicted octanol–water partition coefficient (Wildman–Crippen LogP) is 0.895. The van der Waals surface area contributed by atoms with Crippen molar-refractivity contribution < 1.29 is 0 Å². The van der Waals surface area contributed by atoms with E-state index in [2.05, 4.69) is 40.4 Å². The summed E-state index contributed by atoms with van der Waals surface area (Å²) in [5.74, 6) is 0. The van der Waals surface area contributed by atoms with Crippen LogP contribution in [-0.2, 0) is 0 Å². The molecule has 1 aromatic heterocycles. The summed E-state index contributed by atoms with van der Waals surface area (Å²) in [5.41, 5.74) is 4.76. The summed E-state index contributed by atoms with van der Waals surface area (Å²) in [6, 6.07) is 4.43. The van der Waals surface area contributed by atoms with Crippen molar-refractivity contribution in [2.24, 2.45) is 0 Å². The number of nitrogens with zero attached hydrogens (tertiary/aromatic N) is 3. The Balaban J connectivity index is 1.86. The van der Waals surface area contributed by atoms with E-state index >= 15 is 0 Å². The van der Waals surface area contributed by atoms with Crippen LogP contribution in [0, 0.1) is 0 Å². The van der Waals surface area contributed by atoms with Gasteiger partial charge in [-0.1, -0.05) is 6.07 Å². The maximum absolute atomic E-state index is 4.14. The standard InChI is InChI=1S/C12H20N4/c1-11(12-4-3-5-13-10-12)14-16-8-6-15(2)7-9-16/h3-5,10-11,14H,6-9H2,1-2H3. The van der Waals surface area contributed by atoms with E-state index in [1.807, 2.05) is 18.5 Å². The van der Waals surface area contributed by atoms with Crippen molar-refractivity contribution in [2.75, 3.05) is 33.2 Å². The molecule has 2 heterocycles. The Morgan fingerprint density at radius 3 is 2.69 bits per heavy atom. The number of hydrazine groups is 1. The smallest absolute Gasteiger partial charge is 0.0451 e. The predicted molar refractivity (Wildman–Crippen MR) is 64.9 cm³/mol. The molecule has 2 rings (SSSR count). The zero-order chi connectivity index (χ0) is 11.4. The summed E-state index contributed by atoms with van der Waals surface area (Å²) >= 11 is 0. The summed E-state index contributed by atoms with van der Waals surface area (Å²) < 4.78 is 0. The molecule has 1 aliphatic heterocycles. The van der Waals surface area contributed by atoms with E-state index in [-0.39, 0.29) is 0 Å². The highest BCUT2D eigenvalue weighted by molar-refractivity contribution is 5.12. The van der Waals surface area contributed by atoms with Gasteiger partial charge in [0, 0.05) is 44.6 Å². The van der Waals surface area contributed by atoms with Gasteiger partial charge in [0.15, 0.2) is 0 Å². The number of hydrogen-bond acceptors (Lipinski definition) is 4. The highest BCUT2D eigenvalue weighted by Crippen LogP contribution is 2.11. The van der Waals surface area contributed by atoms with Crippen molar-refractivity contribution in [2.45, 2.75) is 13.0 Å². The fourth-order valence-electron chi connectivity index (χ4n) is 1.92. The summed E-state index contributed by atoms with van der Waals surface area (Å²) in [6.45, 7) is 6.61. The third kappa shape index (κ3) is 3.01. The summed E-state index contributed by atoms with van der Waals surface area (Å²) in [4.78, 5) is 6.50. The monoisotopic (exact) mass is 220 g/mol. The molecule has 1 N–H and O–H groups in total. The molecule has 16 heavy (non-hydrogen) atoms. The van der Waals surface area contributed by atoms with E-state index < -0.39 is 0 Å². The fraction of sp³-hybridized carbons (Fsp3) is 0.583. The summed E-state index contributed by atoms with van der Waals surface area (Å²) in [7, 11) is 2.17. The molecule has 1 unspecified atom stereocenters. The fourth-order valence-corrected chi connectivity index (χ4v) is 1.92. The second-order valence-electron chi connectivity index (χ2n) is 4.43. The van der Waals surface area contributed by atoms with Gasteiger partial charge < -0.3 is 4.90 Å².